The largest absolute Gasteiger partial charge is 0.604 e. The van der Waals surface area contributed by atoms with E-state index in [1.54, 1.807) is 12.1 Å². The maximum absolute atomic E-state index is 12.8. The van der Waals surface area contributed by atoms with E-state index in [1.165, 1.54) is 0 Å². The first-order valence-corrected chi connectivity index (χ1v) is 9.38. The van der Waals surface area contributed by atoms with Gasteiger partial charge in [-0.15, -0.1) is 0 Å². The summed E-state index contributed by atoms with van der Waals surface area (Å²) in [6.07, 6.45) is 0. The average Bonchev–Trinajstić information content (AvgIpc) is 2.56. The fraction of sp³-hybridized carbons (Fsp3) is 0.333. The van der Waals surface area contributed by atoms with Crippen LogP contribution < -0.4 is 9.05 Å². The smallest absolute Gasteiger partial charge is 0.394 e. The van der Waals surface area contributed by atoms with Crippen LogP contribution in [0, 0.1) is 41.5 Å². The summed E-state index contributed by atoms with van der Waals surface area (Å²) in [6.45, 7) is 11.7. The molecule has 0 aliphatic rings. The highest BCUT2D eigenvalue weighted by atomic mass is 35.5. The summed E-state index contributed by atoms with van der Waals surface area (Å²) in [5.74, 6) is 0.840. The lowest BCUT2D eigenvalue weighted by molar-refractivity contribution is 0.306. The number of phosphoric ester groups is 1. The second-order valence-corrected chi connectivity index (χ2v) is 7.77. The number of halogens is 1. The molecule has 0 unspecified atom stereocenters. The highest BCUT2D eigenvalue weighted by Gasteiger charge is 2.32. The zero-order valence-electron chi connectivity index (χ0n) is 14.8. The molecule has 0 bridgehead atoms. The van der Waals surface area contributed by atoms with Crippen molar-refractivity contribution in [2.24, 2.45) is 0 Å². The fourth-order valence-corrected chi connectivity index (χ4v) is 3.49. The normalized spacial score (nSPS) is 11.5. The molecular formula is C18H22ClO4P. The number of phosphoric acid groups is 1. The molecule has 24 heavy (non-hydrogen) atoms. The van der Waals surface area contributed by atoms with Gasteiger partial charge in [0, 0.05) is 0 Å². The van der Waals surface area contributed by atoms with Crippen molar-refractivity contribution >= 4 is 19.7 Å². The van der Waals surface area contributed by atoms with Crippen LogP contribution in [-0.4, -0.2) is 0 Å². The summed E-state index contributed by atoms with van der Waals surface area (Å²) in [4.78, 5) is 0. The van der Waals surface area contributed by atoms with Crippen LogP contribution in [0.15, 0.2) is 24.3 Å². The molecule has 0 heterocycles. The summed E-state index contributed by atoms with van der Waals surface area (Å²) in [7, 11) is -4.00. The molecule has 2 aromatic carbocycles. The lowest BCUT2D eigenvalue weighted by Crippen LogP contribution is -2.04. The molecule has 0 fully saturated rings. The van der Waals surface area contributed by atoms with E-state index in [0.717, 1.165) is 33.4 Å². The fourth-order valence-electron chi connectivity index (χ4n) is 2.35. The molecule has 0 saturated carbocycles. The van der Waals surface area contributed by atoms with Crippen LogP contribution in [0.1, 0.15) is 33.4 Å². The van der Waals surface area contributed by atoms with E-state index in [1.807, 2.05) is 53.7 Å². The third-order valence-electron chi connectivity index (χ3n) is 4.52. The zero-order chi connectivity index (χ0) is 18.1. The first kappa shape index (κ1) is 18.9. The standard InChI is InChI=1S/C18H22ClO4P/c1-11-7-9-17(15(5)13(11)3)21-24(20,23-19)22-18-10-8-12(2)14(4)16(18)6/h7-10H,1-6H3. The number of hydrogen-bond donors (Lipinski definition) is 0. The number of aryl methyl sites for hydroxylation is 2. The van der Waals surface area contributed by atoms with Gasteiger partial charge in [-0.3, -0.25) is 0 Å². The van der Waals surface area contributed by atoms with Crippen LogP contribution in [0.4, 0.5) is 0 Å². The van der Waals surface area contributed by atoms with E-state index < -0.39 is 7.82 Å². The minimum atomic E-state index is -4.00. The zero-order valence-corrected chi connectivity index (χ0v) is 16.4. The molecule has 0 aliphatic heterocycles. The molecule has 0 saturated heterocycles. The SMILES string of the molecule is Cc1ccc(OP(=O)(OCl)Oc2ccc(C)c(C)c2C)c(C)c1C. The van der Waals surface area contributed by atoms with E-state index in [9.17, 15) is 4.57 Å². The van der Waals surface area contributed by atoms with Crippen molar-refractivity contribution in [3.63, 3.8) is 0 Å². The van der Waals surface area contributed by atoms with Crippen molar-refractivity contribution in [2.75, 3.05) is 0 Å². The first-order chi connectivity index (χ1) is 11.2. The summed E-state index contributed by atoms with van der Waals surface area (Å²) < 4.78 is 28.5. The Bertz CT molecular complexity index is 754. The van der Waals surface area contributed by atoms with Crippen LogP contribution in [0.3, 0.4) is 0 Å². The summed E-state index contributed by atoms with van der Waals surface area (Å²) in [5.41, 5.74) is 6.07. The Kier molecular flexibility index (Phi) is 5.64. The van der Waals surface area contributed by atoms with Crippen molar-refractivity contribution in [1.82, 2.24) is 0 Å². The monoisotopic (exact) mass is 368 g/mol. The maximum atomic E-state index is 12.8. The van der Waals surface area contributed by atoms with Gasteiger partial charge in [-0.05, 0) is 87.1 Å². The molecule has 0 amide bonds. The van der Waals surface area contributed by atoms with Gasteiger partial charge in [-0.1, -0.05) is 12.1 Å². The van der Waals surface area contributed by atoms with Crippen molar-refractivity contribution in [3.05, 3.63) is 57.6 Å². The molecule has 0 N–H and O–H groups in total. The molecule has 0 radical (unpaired) electrons. The third-order valence-corrected chi connectivity index (χ3v) is 6.04. The highest BCUT2D eigenvalue weighted by Crippen LogP contribution is 2.52. The van der Waals surface area contributed by atoms with Gasteiger partial charge in [0.25, 0.3) is 0 Å². The predicted octanol–water partition coefficient (Wildman–Crippen LogP) is 6.27. The van der Waals surface area contributed by atoms with Crippen LogP contribution in [0.5, 0.6) is 11.5 Å². The van der Waals surface area contributed by atoms with Gasteiger partial charge in [0.05, 0.1) is 11.9 Å². The Morgan fingerprint density at radius 3 is 1.42 bits per heavy atom. The second kappa shape index (κ2) is 7.18. The van der Waals surface area contributed by atoms with Crippen molar-refractivity contribution in [2.45, 2.75) is 41.5 Å². The topological polar surface area (TPSA) is 44.8 Å². The molecule has 130 valence electrons. The minimum absolute atomic E-state index is 0.420. The molecule has 0 aliphatic carbocycles. The molecule has 0 spiro atoms. The molecule has 4 nitrogen and oxygen atoms in total. The summed E-state index contributed by atoms with van der Waals surface area (Å²) in [6, 6.07) is 7.24. The van der Waals surface area contributed by atoms with E-state index in [2.05, 4.69) is 4.08 Å². The van der Waals surface area contributed by atoms with E-state index >= 15 is 0 Å². The molecule has 0 aromatic heterocycles. The average molecular weight is 369 g/mol. The van der Waals surface area contributed by atoms with Gasteiger partial charge in [-0.2, -0.15) is 4.08 Å². The number of benzene rings is 2. The Morgan fingerprint density at radius 1 is 0.708 bits per heavy atom. The highest BCUT2D eigenvalue weighted by molar-refractivity contribution is 7.50. The van der Waals surface area contributed by atoms with Gasteiger partial charge in [-0.25, -0.2) is 4.57 Å². The second-order valence-electron chi connectivity index (χ2n) is 5.96. The van der Waals surface area contributed by atoms with E-state index in [-0.39, 0.29) is 0 Å². The van der Waals surface area contributed by atoms with Crippen LogP contribution >= 0.6 is 19.7 Å². The van der Waals surface area contributed by atoms with Gasteiger partial charge in [0.1, 0.15) is 11.5 Å². The maximum Gasteiger partial charge on any atom is 0.604 e. The summed E-state index contributed by atoms with van der Waals surface area (Å²) >= 11 is 5.44. The lowest BCUT2D eigenvalue weighted by atomic mass is 10.0. The van der Waals surface area contributed by atoms with Gasteiger partial charge in [0.15, 0.2) is 0 Å². The number of rotatable bonds is 5. The van der Waals surface area contributed by atoms with Gasteiger partial charge in [0.2, 0.25) is 0 Å². The molecular weight excluding hydrogens is 347 g/mol. The van der Waals surface area contributed by atoms with Crippen molar-refractivity contribution in [1.29, 1.82) is 0 Å². The Hall–Kier alpha value is -1.48. The molecule has 0 atom stereocenters. The molecule has 6 heteroatoms. The van der Waals surface area contributed by atoms with Crippen LogP contribution in [0.25, 0.3) is 0 Å². The Labute approximate surface area is 148 Å². The third kappa shape index (κ3) is 3.77. The quantitative estimate of drug-likeness (QED) is 0.583. The first-order valence-electron chi connectivity index (χ1n) is 7.61. The van der Waals surface area contributed by atoms with Gasteiger partial charge >= 0.3 is 7.82 Å². The lowest BCUT2D eigenvalue weighted by Gasteiger charge is -2.20. The number of hydrogen-bond acceptors (Lipinski definition) is 4. The molecule has 2 aromatic rings. The van der Waals surface area contributed by atoms with E-state index in [0.29, 0.717) is 11.5 Å². The van der Waals surface area contributed by atoms with Gasteiger partial charge < -0.3 is 9.05 Å². The Balaban J connectivity index is 2.35. The van der Waals surface area contributed by atoms with Crippen LogP contribution in [0.2, 0.25) is 0 Å². The van der Waals surface area contributed by atoms with Crippen molar-refractivity contribution < 1.29 is 17.7 Å². The minimum Gasteiger partial charge on any atom is -0.394 e. The predicted molar refractivity (Wildman–Crippen MR) is 97.1 cm³/mol. The van der Waals surface area contributed by atoms with Crippen LogP contribution in [-0.2, 0) is 8.64 Å². The molecule has 2 rings (SSSR count). The van der Waals surface area contributed by atoms with E-state index in [4.69, 9.17) is 20.9 Å². The summed E-state index contributed by atoms with van der Waals surface area (Å²) in [5, 5.41) is 0. The Morgan fingerprint density at radius 2 is 1.08 bits per heavy atom. The van der Waals surface area contributed by atoms with Crippen molar-refractivity contribution in [3.8, 4) is 11.5 Å².